The quantitative estimate of drug-likeness (QED) is 0.772. The van der Waals surface area contributed by atoms with Gasteiger partial charge in [0.25, 0.3) is 10.1 Å². The van der Waals surface area contributed by atoms with Crippen molar-refractivity contribution in [3.8, 4) is 0 Å². The molecule has 0 aliphatic rings. The molecule has 2 aromatic rings. The lowest BCUT2D eigenvalue weighted by molar-refractivity contribution is 0.483. The van der Waals surface area contributed by atoms with Gasteiger partial charge in [0.05, 0.1) is 4.90 Å². The molecule has 0 aromatic heterocycles. The van der Waals surface area contributed by atoms with E-state index in [1.165, 1.54) is 12.1 Å². The Bertz CT molecular complexity index is 659. The van der Waals surface area contributed by atoms with Gasteiger partial charge in [-0.15, -0.1) is 0 Å². The van der Waals surface area contributed by atoms with Gasteiger partial charge in [-0.05, 0) is 42.3 Å². The number of aryl methyl sites for hydroxylation is 2. The van der Waals surface area contributed by atoms with Crippen molar-refractivity contribution >= 4 is 20.9 Å². The molecule has 0 aliphatic heterocycles. The molecule has 1 N–H and O–H groups in total. The average Bonchev–Trinajstić information content (AvgIpc) is 2.41. The van der Waals surface area contributed by atoms with Gasteiger partial charge in [-0.1, -0.05) is 51.5 Å². The van der Waals surface area contributed by atoms with Crippen LogP contribution in [0.2, 0.25) is 0 Å². The fourth-order valence-corrected chi connectivity index (χ4v) is 2.40. The summed E-state index contributed by atoms with van der Waals surface area (Å²) in [6.45, 7) is 11.8. The van der Waals surface area contributed by atoms with E-state index < -0.39 is 10.1 Å². The SMILES string of the molecule is CC.CC.Cc1ccc2c(C)cc(S(=O)(=O)O)cc2c1. The Balaban J connectivity index is 0.000000829. The molecular weight excluding hydrogens is 272 g/mol. The standard InChI is InChI=1S/C12H12O3S.2C2H6/c1-8-3-4-12-9(2)6-11(16(13,14)15)7-10(12)5-8;2*1-2/h3-7H,1-2H3,(H,13,14,15);2*1-2H3. The van der Waals surface area contributed by atoms with Crippen molar-refractivity contribution in [2.24, 2.45) is 0 Å². The molecule has 20 heavy (non-hydrogen) atoms. The van der Waals surface area contributed by atoms with Crippen molar-refractivity contribution < 1.29 is 13.0 Å². The van der Waals surface area contributed by atoms with Crippen LogP contribution in [-0.2, 0) is 10.1 Å². The van der Waals surface area contributed by atoms with Gasteiger partial charge in [0.15, 0.2) is 0 Å². The summed E-state index contributed by atoms with van der Waals surface area (Å²) in [4.78, 5) is -0.0527. The topological polar surface area (TPSA) is 54.4 Å². The van der Waals surface area contributed by atoms with E-state index in [2.05, 4.69) is 0 Å². The van der Waals surface area contributed by atoms with E-state index in [0.717, 1.165) is 21.9 Å². The summed E-state index contributed by atoms with van der Waals surface area (Å²) in [5, 5.41) is 1.82. The summed E-state index contributed by atoms with van der Waals surface area (Å²) in [5.74, 6) is 0. The molecular formula is C16H24O3S. The zero-order valence-corrected chi connectivity index (χ0v) is 13.9. The van der Waals surface area contributed by atoms with Gasteiger partial charge in [0, 0.05) is 0 Å². The highest BCUT2D eigenvalue weighted by molar-refractivity contribution is 7.85. The monoisotopic (exact) mass is 296 g/mol. The maximum absolute atomic E-state index is 11.1. The van der Waals surface area contributed by atoms with Crippen molar-refractivity contribution in [1.29, 1.82) is 0 Å². The predicted molar refractivity (Wildman–Crippen MR) is 85.9 cm³/mol. The van der Waals surface area contributed by atoms with Crippen LogP contribution >= 0.6 is 0 Å². The molecule has 2 aromatic carbocycles. The number of rotatable bonds is 1. The molecule has 0 unspecified atom stereocenters. The minimum atomic E-state index is -4.13. The fourth-order valence-electron chi connectivity index (χ4n) is 1.80. The zero-order chi connectivity index (χ0) is 15.9. The molecule has 0 saturated heterocycles. The first-order valence-corrected chi connectivity index (χ1v) is 8.30. The molecule has 0 bridgehead atoms. The Kier molecular flexibility index (Phi) is 7.46. The van der Waals surface area contributed by atoms with Gasteiger partial charge in [-0.3, -0.25) is 4.55 Å². The smallest absolute Gasteiger partial charge is 0.282 e. The highest BCUT2D eigenvalue weighted by Gasteiger charge is 2.11. The van der Waals surface area contributed by atoms with Gasteiger partial charge >= 0.3 is 0 Å². The van der Waals surface area contributed by atoms with Crippen LogP contribution in [0.3, 0.4) is 0 Å². The third-order valence-electron chi connectivity index (χ3n) is 2.59. The van der Waals surface area contributed by atoms with Gasteiger partial charge in [0.2, 0.25) is 0 Å². The number of fused-ring (bicyclic) bond motifs is 1. The predicted octanol–water partition coefficient (Wildman–Crippen LogP) is 4.76. The first-order valence-electron chi connectivity index (χ1n) is 6.86. The maximum Gasteiger partial charge on any atom is 0.294 e. The van der Waals surface area contributed by atoms with E-state index in [4.69, 9.17) is 4.55 Å². The lowest BCUT2D eigenvalue weighted by Crippen LogP contribution is -1.98. The van der Waals surface area contributed by atoms with Crippen LogP contribution in [0.4, 0.5) is 0 Å². The van der Waals surface area contributed by atoms with Crippen LogP contribution in [0.15, 0.2) is 35.2 Å². The lowest BCUT2D eigenvalue weighted by Gasteiger charge is -2.06. The summed E-state index contributed by atoms with van der Waals surface area (Å²) in [5.41, 5.74) is 1.89. The molecule has 4 heteroatoms. The van der Waals surface area contributed by atoms with Gasteiger partial charge < -0.3 is 0 Å². The van der Waals surface area contributed by atoms with Gasteiger partial charge in [-0.25, -0.2) is 0 Å². The molecule has 0 spiro atoms. The summed E-state index contributed by atoms with van der Waals surface area (Å²) in [6, 6.07) is 8.80. The fraction of sp³-hybridized carbons (Fsp3) is 0.375. The highest BCUT2D eigenvalue weighted by atomic mass is 32.2. The Hall–Kier alpha value is -1.39. The van der Waals surface area contributed by atoms with E-state index in [-0.39, 0.29) is 4.90 Å². The highest BCUT2D eigenvalue weighted by Crippen LogP contribution is 2.24. The van der Waals surface area contributed by atoms with Crippen LogP contribution in [0.25, 0.3) is 10.8 Å². The Morgan fingerprint density at radius 3 is 1.95 bits per heavy atom. The molecule has 0 heterocycles. The molecule has 3 nitrogen and oxygen atoms in total. The van der Waals surface area contributed by atoms with Crippen LogP contribution < -0.4 is 0 Å². The van der Waals surface area contributed by atoms with Gasteiger partial charge in [0.1, 0.15) is 0 Å². The van der Waals surface area contributed by atoms with Crippen molar-refractivity contribution in [2.75, 3.05) is 0 Å². The molecule has 0 aliphatic carbocycles. The third-order valence-corrected chi connectivity index (χ3v) is 3.42. The molecule has 0 fully saturated rings. The number of benzene rings is 2. The van der Waals surface area contributed by atoms with Crippen LogP contribution in [-0.4, -0.2) is 13.0 Å². The van der Waals surface area contributed by atoms with E-state index in [9.17, 15) is 8.42 Å². The van der Waals surface area contributed by atoms with E-state index in [1.807, 2.05) is 59.7 Å². The molecule has 112 valence electrons. The first-order chi connectivity index (χ1) is 9.38. The molecule has 0 radical (unpaired) electrons. The summed E-state index contributed by atoms with van der Waals surface area (Å²) in [6.07, 6.45) is 0. The number of hydrogen-bond donors (Lipinski definition) is 1. The van der Waals surface area contributed by atoms with Crippen LogP contribution in [0.5, 0.6) is 0 Å². The van der Waals surface area contributed by atoms with Crippen molar-refractivity contribution in [1.82, 2.24) is 0 Å². The van der Waals surface area contributed by atoms with Crippen molar-refractivity contribution in [3.05, 3.63) is 41.5 Å². The molecule has 0 amide bonds. The summed E-state index contributed by atoms with van der Waals surface area (Å²) in [7, 11) is -4.13. The second-order valence-corrected chi connectivity index (χ2v) is 5.36. The van der Waals surface area contributed by atoms with E-state index in [0.29, 0.717) is 0 Å². The number of hydrogen-bond acceptors (Lipinski definition) is 2. The van der Waals surface area contributed by atoms with Crippen LogP contribution in [0, 0.1) is 13.8 Å². The third kappa shape index (κ3) is 4.62. The van der Waals surface area contributed by atoms with E-state index in [1.54, 1.807) is 0 Å². The lowest BCUT2D eigenvalue weighted by atomic mass is 10.0. The zero-order valence-electron chi connectivity index (χ0n) is 13.1. The van der Waals surface area contributed by atoms with E-state index >= 15 is 0 Å². The largest absolute Gasteiger partial charge is 0.294 e. The minimum absolute atomic E-state index is 0.0527. The maximum atomic E-state index is 11.1. The molecule has 2 rings (SSSR count). The van der Waals surface area contributed by atoms with Crippen molar-refractivity contribution in [3.63, 3.8) is 0 Å². The Labute approximate surface area is 122 Å². The molecule has 0 saturated carbocycles. The summed E-state index contributed by atoms with van der Waals surface area (Å²) < 4.78 is 31.2. The Morgan fingerprint density at radius 1 is 0.900 bits per heavy atom. The normalized spacial score (nSPS) is 10.2. The van der Waals surface area contributed by atoms with Crippen molar-refractivity contribution in [2.45, 2.75) is 46.4 Å². The summed E-state index contributed by atoms with van der Waals surface area (Å²) >= 11 is 0. The minimum Gasteiger partial charge on any atom is -0.282 e. The Morgan fingerprint density at radius 2 is 1.45 bits per heavy atom. The molecule has 0 atom stereocenters. The second kappa shape index (κ2) is 8.02. The second-order valence-electron chi connectivity index (χ2n) is 3.94. The van der Waals surface area contributed by atoms with Gasteiger partial charge in [-0.2, -0.15) is 8.42 Å². The average molecular weight is 296 g/mol. The van der Waals surface area contributed by atoms with Crippen LogP contribution in [0.1, 0.15) is 38.8 Å². The first kappa shape index (κ1) is 18.6.